The first-order valence-electron chi connectivity index (χ1n) is 6.17. The zero-order valence-corrected chi connectivity index (χ0v) is 10.8. The molecular weight excluding hydrogens is 240 g/mol. The van der Waals surface area contributed by atoms with Crippen LogP contribution in [0.15, 0.2) is 43.1 Å². The van der Waals surface area contributed by atoms with Gasteiger partial charge in [0.05, 0.1) is 17.8 Å². The summed E-state index contributed by atoms with van der Waals surface area (Å²) in [4.78, 5) is 16.2. The number of rotatable bonds is 5. The van der Waals surface area contributed by atoms with E-state index in [1.165, 1.54) is 0 Å². The van der Waals surface area contributed by atoms with Crippen LogP contribution in [-0.4, -0.2) is 24.1 Å². The van der Waals surface area contributed by atoms with Crippen molar-refractivity contribution >= 4 is 22.6 Å². The van der Waals surface area contributed by atoms with Crippen LogP contribution in [0.2, 0.25) is 0 Å². The molecule has 0 saturated heterocycles. The Balaban J connectivity index is 2.55. The maximum atomic E-state index is 11.9. The molecule has 0 radical (unpaired) electrons. The van der Waals surface area contributed by atoms with Crippen LogP contribution < -0.4 is 5.32 Å². The number of ether oxygens (including phenoxy) is 1. The summed E-state index contributed by atoms with van der Waals surface area (Å²) in [5.74, 6) is -0.368. The molecule has 4 nitrogen and oxygen atoms in total. The highest BCUT2D eigenvalue weighted by Crippen LogP contribution is 2.26. The highest BCUT2D eigenvalue weighted by Gasteiger charge is 2.15. The largest absolute Gasteiger partial charge is 0.462 e. The average molecular weight is 256 g/mol. The Hall–Kier alpha value is -2.36. The molecule has 0 fully saturated rings. The molecule has 0 atom stereocenters. The second kappa shape index (κ2) is 6.00. The Morgan fingerprint density at radius 1 is 1.47 bits per heavy atom. The molecule has 0 bridgehead atoms. The maximum absolute atomic E-state index is 11.9. The molecule has 0 aliphatic heterocycles. The molecule has 0 aliphatic rings. The van der Waals surface area contributed by atoms with Crippen LogP contribution in [0.3, 0.4) is 0 Å². The van der Waals surface area contributed by atoms with E-state index < -0.39 is 0 Å². The van der Waals surface area contributed by atoms with Gasteiger partial charge in [-0.2, -0.15) is 0 Å². The number of nitrogens with zero attached hydrogens (tertiary/aromatic N) is 1. The van der Waals surface area contributed by atoms with Crippen molar-refractivity contribution in [1.82, 2.24) is 4.98 Å². The summed E-state index contributed by atoms with van der Waals surface area (Å²) in [6.45, 7) is 6.36. The third-order valence-corrected chi connectivity index (χ3v) is 2.69. The Labute approximate surface area is 112 Å². The number of carbonyl (C=O) groups excluding carboxylic acids is 1. The van der Waals surface area contributed by atoms with E-state index in [2.05, 4.69) is 16.9 Å². The molecule has 2 aromatic rings. The van der Waals surface area contributed by atoms with Gasteiger partial charge in [0, 0.05) is 18.1 Å². The Bertz CT molecular complexity index is 608. The van der Waals surface area contributed by atoms with Gasteiger partial charge in [0.1, 0.15) is 5.56 Å². The molecule has 0 aliphatic carbocycles. The summed E-state index contributed by atoms with van der Waals surface area (Å²) in [5, 5.41) is 4.08. The molecule has 1 heterocycles. The smallest absolute Gasteiger partial charge is 0.341 e. The second-order valence-corrected chi connectivity index (χ2v) is 3.95. The van der Waals surface area contributed by atoms with Gasteiger partial charge in [-0.15, -0.1) is 6.58 Å². The van der Waals surface area contributed by atoms with Crippen molar-refractivity contribution in [3.8, 4) is 0 Å². The quantitative estimate of drug-likeness (QED) is 0.660. The summed E-state index contributed by atoms with van der Waals surface area (Å²) < 4.78 is 5.05. The maximum Gasteiger partial charge on any atom is 0.341 e. The number of nitrogens with one attached hydrogen (secondary N) is 1. The van der Waals surface area contributed by atoms with Crippen LogP contribution in [0.1, 0.15) is 17.3 Å². The van der Waals surface area contributed by atoms with E-state index in [9.17, 15) is 4.79 Å². The molecule has 98 valence electrons. The van der Waals surface area contributed by atoms with E-state index in [-0.39, 0.29) is 5.97 Å². The van der Waals surface area contributed by atoms with E-state index >= 15 is 0 Å². The minimum absolute atomic E-state index is 0.340. The topological polar surface area (TPSA) is 51.2 Å². The highest BCUT2D eigenvalue weighted by molar-refractivity contribution is 6.04. The number of aromatic nitrogens is 1. The van der Waals surface area contributed by atoms with Crippen LogP contribution >= 0.6 is 0 Å². The van der Waals surface area contributed by atoms with Crippen molar-refractivity contribution in [1.29, 1.82) is 0 Å². The monoisotopic (exact) mass is 256 g/mol. The summed E-state index contributed by atoms with van der Waals surface area (Å²) in [6.07, 6.45) is 3.29. The SMILES string of the molecule is C=CCNc1c(C(=O)OCC)cnc2ccccc12. The molecule has 2 rings (SSSR count). The van der Waals surface area contributed by atoms with Crippen molar-refractivity contribution in [2.75, 3.05) is 18.5 Å². The lowest BCUT2D eigenvalue weighted by Crippen LogP contribution is -2.11. The van der Waals surface area contributed by atoms with Crippen molar-refractivity contribution in [2.24, 2.45) is 0 Å². The Morgan fingerprint density at radius 2 is 2.26 bits per heavy atom. The van der Waals surface area contributed by atoms with Crippen molar-refractivity contribution in [3.05, 3.63) is 48.7 Å². The predicted octanol–water partition coefficient (Wildman–Crippen LogP) is 3.01. The highest BCUT2D eigenvalue weighted by atomic mass is 16.5. The van der Waals surface area contributed by atoms with Gasteiger partial charge in [0.25, 0.3) is 0 Å². The number of esters is 1. The van der Waals surface area contributed by atoms with Gasteiger partial charge in [0.2, 0.25) is 0 Å². The normalized spacial score (nSPS) is 10.2. The number of carbonyl (C=O) groups is 1. The van der Waals surface area contributed by atoms with Crippen LogP contribution in [-0.2, 0) is 4.74 Å². The molecule has 0 saturated carbocycles. The van der Waals surface area contributed by atoms with Crippen molar-refractivity contribution in [2.45, 2.75) is 6.92 Å². The Kier molecular flexibility index (Phi) is 4.13. The molecule has 1 aromatic heterocycles. The zero-order valence-electron chi connectivity index (χ0n) is 10.8. The van der Waals surface area contributed by atoms with Gasteiger partial charge in [-0.1, -0.05) is 24.3 Å². The first-order chi connectivity index (χ1) is 9.27. The molecule has 4 heteroatoms. The molecule has 1 aromatic carbocycles. The number of benzene rings is 1. The number of pyridine rings is 1. The third kappa shape index (κ3) is 2.73. The molecule has 0 spiro atoms. The number of para-hydroxylation sites is 1. The molecular formula is C15H16N2O2. The van der Waals surface area contributed by atoms with Crippen LogP contribution in [0, 0.1) is 0 Å². The first-order valence-corrected chi connectivity index (χ1v) is 6.17. The lowest BCUT2D eigenvalue weighted by molar-refractivity contribution is 0.0527. The zero-order chi connectivity index (χ0) is 13.7. The van der Waals surface area contributed by atoms with Crippen LogP contribution in [0.4, 0.5) is 5.69 Å². The van der Waals surface area contributed by atoms with E-state index in [0.29, 0.717) is 18.7 Å². The summed E-state index contributed by atoms with van der Waals surface area (Å²) in [5.41, 5.74) is 2.02. The van der Waals surface area contributed by atoms with Gasteiger partial charge < -0.3 is 10.1 Å². The fourth-order valence-electron chi connectivity index (χ4n) is 1.87. The molecule has 0 amide bonds. The summed E-state index contributed by atoms with van der Waals surface area (Å²) in [6, 6.07) is 7.66. The number of hydrogen-bond acceptors (Lipinski definition) is 4. The van der Waals surface area contributed by atoms with E-state index in [0.717, 1.165) is 16.6 Å². The molecule has 1 N–H and O–H groups in total. The van der Waals surface area contributed by atoms with Crippen LogP contribution in [0.5, 0.6) is 0 Å². The van der Waals surface area contributed by atoms with Gasteiger partial charge in [-0.25, -0.2) is 4.79 Å². The fourth-order valence-corrected chi connectivity index (χ4v) is 1.87. The van der Waals surface area contributed by atoms with E-state index in [4.69, 9.17) is 4.74 Å². The van der Waals surface area contributed by atoms with E-state index in [1.807, 2.05) is 24.3 Å². The second-order valence-electron chi connectivity index (χ2n) is 3.95. The summed E-state index contributed by atoms with van der Waals surface area (Å²) >= 11 is 0. The minimum Gasteiger partial charge on any atom is -0.462 e. The van der Waals surface area contributed by atoms with Gasteiger partial charge in [0.15, 0.2) is 0 Å². The number of hydrogen-bond donors (Lipinski definition) is 1. The fraction of sp³-hybridized carbons (Fsp3) is 0.200. The average Bonchev–Trinajstić information content (AvgIpc) is 2.44. The van der Waals surface area contributed by atoms with Gasteiger partial charge in [-0.05, 0) is 13.0 Å². The minimum atomic E-state index is -0.368. The van der Waals surface area contributed by atoms with E-state index in [1.54, 1.807) is 19.2 Å². The Morgan fingerprint density at radius 3 is 3.00 bits per heavy atom. The predicted molar refractivity (Wildman–Crippen MR) is 76.4 cm³/mol. The lowest BCUT2D eigenvalue weighted by atomic mass is 10.1. The third-order valence-electron chi connectivity index (χ3n) is 2.69. The first kappa shape index (κ1) is 13.1. The van der Waals surface area contributed by atoms with Gasteiger partial charge in [-0.3, -0.25) is 4.98 Å². The van der Waals surface area contributed by atoms with Crippen LogP contribution in [0.25, 0.3) is 10.9 Å². The number of anilines is 1. The van der Waals surface area contributed by atoms with Crippen molar-refractivity contribution < 1.29 is 9.53 Å². The molecule has 19 heavy (non-hydrogen) atoms. The number of fused-ring (bicyclic) bond motifs is 1. The standard InChI is InChI=1S/C15H16N2O2/c1-3-9-16-14-11-7-5-6-8-13(11)17-10-12(14)15(18)19-4-2/h3,5-8,10H,1,4,9H2,2H3,(H,16,17). The van der Waals surface area contributed by atoms with Gasteiger partial charge >= 0.3 is 5.97 Å². The molecule has 0 unspecified atom stereocenters. The lowest BCUT2D eigenvalue weighted by Gasteiger charge is -2.12. The van der Waals surface area contributed by atoms with Crippen molar-refractivity contribution in [3.63, 3.8) is 0 Å². The summed E-state index contributed by atoms with van der Waals surface area (Å²) in [7, 11) is 0.